The molecule has 0 aliphatic carbocycles. The van der Waals surface area contributed by atoms with Gasteiger partial charge in [-0.3, -0.25) is 9.78 Å². The lowest BCUT2D eigenvalue weighted by Gasteiger charge is -2.12. The molecular weight excluding hydrogens is 551 g/mol. The van der Waals surface area contributed by atoms with Crippen molar-refractivity contribution < 1.29 is 9.53 Å². The van der Waals surface area contributed by atoms with Gasteiger partial charge in [0, 0.05) is 25.3 Å². The fourth-order valence-electron chi connectivity index (χ4n) is 2.18. The summed E-state index contributed by atoms with van der Waals surface area (Å²) in [5.41, 5.74) is 1.44. The molecule has 1 amide bonds. The van der Waals surface area contributed by atoms with Crippen molar-refractivity contribution in [3.63, 3.8) is 0 Å². The molecule has 0 aliphatic rings. The third-order valence-corrected chi connectivity index (χ3v) is 5.12. The first kappa shape index (κ1) is 17.6. The highest BCUT2D eigenvalue weighted by Crippen LogP contribution is 2.37. The van der Waals surface area contributed by atoms with Gasteiger partial charge in [0.2, 0.25) is 0 Å². The zero-order valence-electron chi connectivity index (χ0n) is 12.2. The number of rotatable bonds is 4. The Bertz CT molecular complexity index is 918. The Balaban J connectivity index is 1.77. The number of nitrogens with one attached hydrogen (secondary N) is 1. The molecule has 4 nitrogen and oxygen atoms in total. The minimum atomic E-state index is -0.226. The van der Waals surface area contributed by atoms with E-state index in [-0.39, 0.29) is 12.5 Å². The summed E-state index contributed by atoms with van der Waals surface area (Å²) in [5, 5.41) is 3.74. The second kappa shape index (κ2) is 7.79. The summed E-state index contributed by atoms with van der Waals surface area (Å²) in [6, 6.07) is 13.3. The second-order valence-corrected chi connectivity index (χ2v) is 7.87. The summed E-state index contributed by atoms with van der Waals surface area (Å²) < 4.78 is 8.43. The van der Waals surface area contributed by atoms with Crippen molar-refractivity contribution in [2.75, 3.05) is 11.9 Å². The van der Waals surface area contributed by atoms with Crippen LogP contribution in [0.3, 0.4) is 0 Å². The summed E-state index contributed by atoms with van der Waals surface area (Å²) in [6.45, 7) is -0.0998. The van der Waals surface area contributed by atoms with Crippen LogP contribution in [0.4, 0.5) is 5.69 Å². The van der Waals surface area contributed by atoms with Gasteiger partial charge in [0.1, 0.15) is 5.52 Å². The van der Waals surface area contributed by atoms with E-state index in [9.17, 15) is 4.79 Å². The summed E-state index contributed by atoms with van der Waals surface area (Å²) in [5.74, 6) is 0.322. The maximum Gasteiger partial charge on any atom is 0.262 e. The number of ether oxygens (including phenoxy) is 1. The number of carbonyl (C=O) groups excluding carboxylic acids is 1. The van der Waals surface area contributed by atoms with Crippen LogP contribution in [-0.4, -0.2) is 17.5 Å². The van der Waals surface area contributed by atoms with E-state index in [1.54, 1.807) is 6.20 Å². The number of hydrogen-bond acceptors (Lipinski definition) is 3. The molecule has 0 saturated heterocycles. The predicted molar refractivity (Wildman–Crippen MR) is 110 cm³/mol. The maximum absolute atomic E-state index is 12.1. The summed E-state index contributed by atoms with van der Waals surface area (Å²) in [6.07, 6.45) is 1.69. The molecule has 0 aliphatic heterocycles. The van der Waals surface area contributed by atoms with Gasteiger partial charge < -0.3 is 10.1 Å². The summed E-state index contributed by atoms with van der Waals surface area (Å²) in [4.78, 5) is 16.5. The lowest BCUT2D eigenvalue weighted by molar-refractivity contribution is -0.118. The van der Waals surface area contributed by atoms with Crippen LogP contribution in [0.5, 0.6) is 5.75 Å². The lowest BCUT2D eigenvalue weighted by atomic mass is 10.2. The number of pyridine rings is 1. The smallest absolute Gasteiger partial charge is 0.262 e. The Hall–Kier alpha value is -1.19. The molecule has 2 aromatic carbocycles. The van der Waals surface area contributed by atoms with Crippen LogP contribution in [0.2, 0.25) is 0 Å². The van der Waals surface area contributed by atoms with Gasteiger partial charge in [-0.1, -0.05) is 28.1 Å². The molecule has 1 N–H and O–H groups in total. The SMILES string of the molecule is O=C(COc1c(Br)cc(Br)c2cccnc12)Nc1cccc(I)c1. The fraction of sp³-hybridized carbons (Fsp3) is 0.0588. The van der Waals surface area contributed by atoms with Crippen molar-refractivity contribution >= 4 is 76.9 Å². The third-order valence-electron chi connectivity index (χ3n) is 3.21. The topological polar surface area (TPSA) is 51.2 Å². The first-order chi connectivity index (χ1) is 11.5. The molecule has 0 saturated carbocycles. The highest BCUT2D eigenvalue weighted by Gasteiger charge is 2.13. The van der Waals surface area contributed by atoms with Gasteiger partial charge >= 0.3 is 0 Å². The van der Waals surface area contributed by atoms with E-state index in [1.807, 2.05) is 42.5 Å². The lowest BCUT2D eigenvalue weighted by Crippen LogP contribution is -2.20. The zero-order valence-corrected chi connectivity index (χ0v) is 17.6. The molecule has 1 heterocycles. The van der Waals surface area contributed by atoms with E-state index in [0.717, 1.165) is 23.6 Å². The number of nitrogens with zero attached hydrogens (tertiary/aromatic N) is 1. The molecule has 0 radical (unpaired) electrons. The van der Waals surface area contributed by atoms with Crippen molar-refractivity contribution in [3.05, 3.63) is 61.2 Å². The Morgan fingerprint density at radius 2 is 2.00 bits per heavy atom. The van der Waals surface area contributed by atoms with Gasteiger partial charge in [0.25, 0.3) is 5.91 Å². The number of anilines is 1. The van der Waals surface area contributed by atoms with E-state index >= 15 is 0 Å². The minimum absolute atomic E-state index is 0.0998. The quantitative estimate of drug-likeness (QED) is 0.435. The van der Waals surface area contributed by atoms with Crippen LogP contribution in [0.15, 0.2) is 57.6 Å². The van der Waals surface area contributed by atoms with Crippen LogP contribution >= 0.6 is 54.5 Å². The Morgan fingerprint density at radius 3 is 2.79 bits per heavy atom. The molecule has 122 valence electrons. The average Bonchev–Trinajstić information content (AvgIpc) is 2.54. The Morgan fingerprint density at radius 1 is 1.17 bits per heavy atom. The van der Waals surface area contributed by atoms with Crippen molar-refractivity contribution in [2.24, 2.45) is 0 Å². The molecule has 1 aromatic heterocycles. The molecule has 0 bridgehead atoms. The number of amides is 1. The summed E-state index contributed by atoms with van der Waals surface area (Å²) >= 11 is 9.17. The highest BCUT2D eigenvalue weighted by atomic mass is 127. The zero-order chi connectivity index (χ0) is 17.1. The first-order valence-corrected chi connectivity index (χ1v) is 9.62. The molecule has 24 heavy (non-hydrogen) atoms. The number of carbonyl (C=O) groups is 1. The largest absolute Gasteiger partial charge is 0.480 e. The number of hydrogen-bond donors (Lipinski definition) is 1. The normalized spacial score (nSPS) is 10.6. The van der Waals surface area contributed by atoms with Gasteiger partial charge in [-0.2, -0.15) is 0 Å². The minimum Gasteiger partial charge on any atom is -0.480 e. The molecule has 0 fully saturated rings. The predicted octanol–water partition coefficient (Wildman–Crippen LogP) is 5.38. The molecule has 3 aromatic rings. The number of benzene rings is 2. The Labute approximate surface area is 169 Å². The number of halogens is 3. The van der Waals surface area contributed by atoms with Gasteiger partial charge in [0.15, 0.2) is 12.4 Å². The van der Waals surface area contributed by atoms with E-state index < -0.39 is 0 Å². The molecular formula is C17H11Br2IN2O2. The number of fused-ring (bicyclic) bond motifs is 1. The fourth-order valence-corrected chi connectivity index (χ4v) is 4.12. The molecule has 3 rings (SSSR count). The van der Waals surface area contributed by atoms with Crippen LogP contribution in [-0.2, 0) is 4.79 Å². The standard InChI is InChI=1S/C17H11Br2IN2O2/c18-13-8-14(19)17(16-12(13)5-2-6-21-16)24-9-15(23)22-11-4-1-3-10(20)7-11/h1-8H,9H2,(H,22,23). The van der Waals surface area contributed by atoms with Gasteiger partial charge in [-0.15, -0.1) is 0 Å². The first-order valence-electron chi connectivity index (χ1n) is 6.95. The molecule has 0 atom stereocenters. The highest BCUT2D eigenvalue weighted by molar-refractivity contribution is 14.1. The van der Waals surface area contributed by atoms with Gasteiger partial charge in [-0.05, 0) is 68.9 Å². The molecule has 0 unspecified atom stereocenters. The third kappa shape index (κ3) is 4.07. The van der Waals surface area contributed by atoms with Crippen LogP contribution in [0.1, 0.15) is 0 Å². The van der Waals surface area contributed by atoms with E-state index in [2.05, 4.69) is 64.8 Å². The summed E-state index contributed by atoms with van der Waals surface area (Å²) in [7, 11) is 0. The van der Waals surface area contributed by atoms with E-state index in [1.165, 1.54) is 0 Å². The van der Waals surface area contributed by atoms with Gasteiger partial charge in [-0.25, -0.2) is 0 Å². The molecule has 0 spiro atoms. The van der Waals surface area contributed by atoms with Crippen LogP contribution < -0.4 is 10.1 Å². The van der Waals surface area contributed by atoms with Crippen LogP contribution in [0, 0.1) is 3.57 Å². The van der Waals surface area contributed by atoms with E-state index in [4.69, 9.17) is 4.74 Å². The van der Waals surface area contributed by atoms with Crippen molar-refractivity contribution in [1.29, 1.82) is 0 Å². The average molecular weight is 562 g/mol. The van der Waals surface area contributed by atoms with Crippen LogP contribution in [0.25, 0.3) is 10.9 Å². The maximum atomic E-state index is 12.1. The second-order valence-electron chi connectivity index (χ2n) is 4.92. The van der Waals surface area contributed by atoms with E-state index in [0.29, 0.717) is 11.3 Å². The van der Waals surface area contributed by atoms with Crippen molar-refractivity contribution in [2.45, 2.75) is 0 Å². The van der Waals surface area contributed by atoms with Crippen molar-refractivity contribution in [3.8, 4) is 5.75 Å². The Kier molecular flexibility index (Phi) is 5.72. The monoisotopic (exact) mass is 560 g/mol. The number of aromatic nitrogens is 1. The van der Waals surface area contributed by atoms with Crippen molar-refractivity contribution in [1.82, 2.24) is 4.98 Å². The molecule has 7 heteroatoms. The van der Waals surface area contributed by atoms with Gasteiger partial charge in [0.05, 0.1) is 4.47 Å².